The van der Waals surface area contributed by atoms with E-state index in [1.165, 1.54) is 0 Å². The highest BCUT2D eigenvalue weighted by atomic mass is 35.5. The van der Waals surface area contributed by atoms with Gasteiger partial charge in [0.1, 0.15) is 11.0 Å². The summed E-state index contributed by atoms with van der Waals surface area (Å²) in [4.78, 5) is 6.45. The van der Waals surface area contributed by atoms with Gasteiger partial charge in [0.2, 0.25) is 0 Å². The van der Waals surface area contributed by atoms with Gasteiger partial charge in [-0.05, 0) is 13.0 Å². The van der Waals surface area contributed by atoms with E-state index in [2.05, 4.69) is 16.8 Å². The summed E-state index contributed by atoms with van der Waals surface area (Å²) < 4.78 is 0. The van der Waals surface area contributed by atoms with Gasteiger partial charge in [0.25, 0.3) is 0 Å². The highest BCUT2D eigenvalue weighted by molar-refractivity contribution is 7.99. The highest BCUT2D eigenvalue weighted by Gasteiger charge is 2.23. The van der Waals surface area contributed by atoms with Crippen molar-refractivity contribution in [3.05, 3.63) is 21.3 Å². The molecule has 1 unspecified atom stereocenters. The predicted octanol–water partition coefficient (Wildman–Crippen LogP) is 3.98. The van der Waals surface area contributed by atoms with Crippen LogP contribution in [0.25, 0.3) is 0 Å². The van der Waals surface area contributed by atoms with Gasteiger partial charge in [-0.2, -0.15) is 11.8 Å². The zero-order valence-corrected chi connectivity index (χ0v) is 11.8. The molecule has 1 atom stereocenters. The lowest BCUT2D eigenvalue weighted by atomic mass is 10.3. The molecule has 0 spiro atoms. The number of nitrogens with zero attached hydrogens (tertiary/aromatic N) is 2. The minimum atomic E-state index is 0.312. The van der Waals surface area contributed by atoms with Crippen LogP contribution in [-0.2, 0) is 0 Å². The molecule has 2 heterocycles. The molecule has 0 aromatic carbocycles. The van der Waals surface area contributed by atoms with Gasteiger partial charge in [-0.15, -0.1) is 0 Å². The Morgan fingerprint density at radius 3 is 2.81 bits per heavy atom. The van der Waals surface area contributed by atoms with E-state index in [-0.39, 0.29) is 0 Å². The second kappa shape index (κ2) is 5.21. The molecule has 0 amide bonds. The molecule has 0 bridgehead atoms. The van der Waals surface area contributed by atoms with Gasteiger partial charge in [0.15, 0.2) is 0 Å². The Hall–Kier alpha value is 0.170. The fourth-order valence-electron chi connectivity index (χ4n) is 1.68. The molecule has 0 saturated carbocycles. The van der Waals surface area contributed by atoms with Crippen molar-refractivity contribution >= 4 is 52.4 Å². The Labute approximate surface area is 114 Å². The van der Waals surface area contributed by atoms with Crippen molar-refractivity contribution in [3.63, 3.8) is 0 Å². The second-order valence-electron chi connectivity index (χ2n) is 3.68. The van der Waals surface area contributed by atoms with Crippen LogP contribution in [-0.4, -0.2) is 29.1 Å². The maximum atomic E-state index is 6.15. The number of anilines is 1. The van der Waals surface area contributed by atoms with Crippen molar-refractivity contribution in [2.45, 2.75) is 13.0 Å². The summed E-state index contributed by atoms with van der Waals surface area (Å²) in [7, 11) is 0. The Kier molecular flexibility index (Phi) is 4.11. The summed E-state index contributed by atoms with van der Waals surface area (Å²) in [6.07, 6.45) is 0. The maximum Gasteiger partial charge on any atom is 0.150 e. The van der Waals surface area contributed by atoms with Crippen LogP contribution in [0.2, 0.25) is 15.2 Å². The van der Waals surface area contributed by atoms with E-state index in [4.69, 9.17) is 34.8 Å². The van der Waals surface area contributed by atoms with Crippen LogP contribution in [0.1, 0.15) is 6.92 Å². The zero-order valence-electron chi connectivity index (χ0n) is 8.71. The summed E-state index contributed by atoms with van der Waals surface area (Å²) in [5.41, 5.74) is 0. The monoisotopic (exact) mass is 296 g/mol. The number of rotatable bonds is 1. The Morgan fingerprint density at radius 2 is 2.12 bits per heavy atom. The van der Waals surface area contributed by atoms with E-state index in [1.807, 2.05) is 11.8 Å². The predicted molar refractivity (Wildman–Crippen MR) is 73.4 cm³/mol. The number of aromatic nitrogens is 1. The average Bonchev–Trinajstić information content (AvgIpc) is 2.25. The quantitative estimate of drug-likeness (QED) is 0.729. The molecule has 2 rings (SSSR count). The van der Waals surface area contributed by atoms with Crippen molar-refractivity contribution < 1.29 is 0 Å². The summed E-state index contributed by atoms with van der Waals surface area (Å²) in [5, 5.41) is 1.27. The molecule has 0 N–H and O–H groups in total. The highest BCUT2D eigenvalue weighted by Crippen LogP contribution is 2.33. The zero-order chi connectivity index (χ0) is 11.7. The lowest BCUT2D eigenvalue weighted by Gasteiger charge is -2.34. The van der Waals surface area contributed by atoms with Crippen molar-refractivity contribution in [3.8, 4) is 0 Å². The molecule has 0 aliphatic carbocycles. The van der Waals surface area contributed by atoms with Crippen LogP contribution in [0.15, 0.2) is 6.07 Å². The third-order valence-electron chi connectivity index (χ3n) is 2.51. The Bertz CT molecular complexity index is 400. The lowest BCUT2D eigenvalue weighted by molar-refractivity contribution is 0.690. The average molecular weight is 298 g/mol. The Morgan fingerprint density at radius 1 is 1.38 bits per heavy atom. The number of pyridine rings is 1. The fraction of sp³-hybridized carbons (Fsp3) is 0.500. The van der Waals surface area contributed by atoms with Crippen LogP contribution >= 0.6 is 46.6 Å². The lowest BCUT2D eigenvalue weighted by Crippen LogP contribution is -2.41. The van der Waals surface area contributed by atoms with E-state index in [0.29, 0.717) is 21.2 Å². The molecule has 16 heavy (non-hydrogen) atoms. The second-order valence-corrected chi connectivity index (χ2v) is 6.01. The van der Waals surface area contributed by atoms with Crippen molar-refractivity contribution in [1.29, 1.82) is 0 Å². The molecule has 0 radical (unpaired) electrons. The first-order valence-electron chi connectivity index (χ1n) is 4.95. The molecule has 1 aromatic rings. The first kappa shape index (κ1) is 12.6. The van der Waals surface area contributed by atoms with E-state index >= 15 is 0 Å². The van der Waals surface area contributed by atoms with E-state index < -0.39 is 0 Å². The summed E-state index contributed by atoms with van der Waals surface area (Å²) in [6, 6.07) is 2.07. The van der Waals surface area contributed by atoms with E-state index in [0.717, 1.165) is 23.9 Å². The molecule has 88 valence electrons. The van der Waals surface area contributed by atoms with Gasteiger partial charge < -0.3 is 4.90 Å². The van der Waals surface area contributed by atoms with Crippen molar-refractivity contribution in [2.75, 3.05) is 23.0 Å². The van der Waals surface area contributed by atoms with Crippen LogP contribution in [0, 0.1) is 0 Å². The number of thioether (sulfide) groups is 1. The van der Waals surface area contributed by atoms with Gasteiger partial charge in [-0.1, -0.05) is 34.8 Å². The number of hydrogen-bond acceptors (Lipinski definition) is 3. The molecular weight excluding hydrogens is 287 g/mol. The Balaban J connectivity index is 2.35. The molecule has 6 heteroatoms. The molecule has 1 saturated heterocycles. The van der Waals surface area contributed by atoms with Crippen LogP contribution < -0.4 is 4.90 Å². The van der Waals surface area contributed by atoms with Gasteiger partial charge in [0, 0.05) is 24.1 Å². The van der Waals surface area contributed by atoms with Crippen molar-refractivity contribution in [1.82, 2.24) is 4.98 Å². The molecule has 1 aliphatic rings. The van der Waals surface area contributed by atoms with Crippen LogP contribution in [0.5, 0.6) is 0 Å². The first-order chi connectivity index (χ1) is 7.59. The standard InChI is InChI=1S/C10H11Cl3N2S/c1-6-5-16-3-2-15(6)10-8(12)4-7(11)9(13)14-10/h4,6H,2-3,5H2,1H3. The number of hydrogen-bond donors (Lipinski definition) is 0. The molecular formula is C10H11Cl3N2S. The van der Waals surface area contributed by atoms with Gasteiger partial charge in [-0.25, -0.2) is 4.98 Å². The summed E-state index contributed by atoms with van der Waals surface area (Å²) in [6.45, 7) is 3.10. The molecule has 1 aliphatic heterocycles. The molecule has 1 aromatic heterocycles. The molecule has 2 nitrogen and oxygen atoms in total. The SMILES string of the molecule is CC1CSCCN1c1nc(Cl)c(Cl)cc1Cl. The largest absolute Gasteiger partial charge is 0.351 e. The first-order valence-corrected chi connectivity index (χ1v) is 7.24. The summed E-state index contributed by atoms with van der Waals surface area (Å²) in [5.74, 6) is 2.91. The van der Waals surface area contributed by atoms with Gasteiger partial charge >= 0.3 is 0 Å². The van der Waals surface area contributed by atoms with Crippen molar-refractivity contribution in [2.24, 2.45) is 0 Å². The van der Waals surface area contributed by atoms with E-state index in [9.17, 15) is 0 Å². The minimum absolute atomic E-state index is 0.312. The third kappa shape index (κ3) is 2.53. The van der Waals surface area contributed by atoms with Gasteiger partial charge in [-0.3, -0.25) is 0 Å². The number of halogens is 3. The topological polar surface area (TPSA) is 16.1 Å². The van der Waals surface area contributed by atoms with Gasteiger partial charge in [0.05, 0.1) is 10.0 Å². The van der Waals surface area contributed by atoms with Crippen LogP contribution in [0.3, 0.4) is 0 Å². The summed E-state index contributed by atoms with van der Waals surface area (Å²) >= 11 is 19.9. The van der Waals surface area contributed by atoms with Crippen LogP contribution in [0.4, 0.5) is 5.82 Å². The third-order valence-corrected chi connectivity index (χ3v) is 4.65. The fourth-order valence-corrected chi connectivity index (χ4v) is 3.29. The maximum absolute atomic E-state index is 6.15. The van der Waals surface area contributed by atoms with E-state index in [1.54, 1.807) is 6.07 Å². The minimum Gasteiger partial charge on any atom is -0.351 e. The normalized spacial score (nSPS) is 21.2. The smallest absolute Gasteiger partial charge is 0.150 e. The molecule has 1 fully saturated rings.